The predicted octanol–water partition coefficient (Wildman–Crippen LogP) is 3.19. The molecule has 1 N–H and O–H groups in total. The van der Waals surface area contributed by atoms with Gasteiger partial charge in [-0.2, -0.15) is 0 Å². The van der Waals surface area contributed by atoms with Crippen molar-refractivity contribution in [3.05, 3.63) is 34.4 Å². The zero-order chi connectivity index (χ0) is 11.6. The first-order valence-corrected chi connectivity index (χ1v) is 5.21. The van der Waals surface area contributed by atoms with Crippen LogP contribution < -0.4 is 0 Å². The molecule has 0 aliphatic rings. The van der Waals surface area contributed by atoms with Gasteiger partial charge < -0.3 is 5.11 Å². The van der Waals surface area contributed by atoms with E-state index in [1.165, 1.54) is 16.7 Å². The molecule has 1 aromatic rings. The molecule has 0 aromatic heterocycles. The number of hydrogen-bond donors (Lipinski definition) is 1. The number of aryl methyl sites for hydroxylation is 3. The summed E-state index contributed by atoms with van der Waals surface area (Å²) in [6, 6.07) is 4.24. The molecule has 0 aliphatic carbocycles. The lowest BCUT2D eigenvalue weighted by Crippen LogP contribution is -2.05. The Morgan fingerprint density at radius 1 is 1.20 bits per heavy atom. The molecular weight excluding hydrogens is 188 g/mol. The van der Waals surface area contributed by atoms with Gasteiger partial charge in [-0.1, -0.05) is 19.1 Å². The first-order chi connectivity index (χ1) is 6.91. The van der Waals surface area contributed by atoms with Gasteiger partial charge in [-0.05, 0) is 48.9 Å². The van der Waals surface area contributed by atoms with Crippen LogP contribution in [0.15, 0.2) is 12.1 Å². The molecule has 0 saturated heterocycles. The highest BCUT2D eigenvalue weighted by atomic mass is 16.4. The summed E-state index contributed by atoms with van der Waals surface area (Å²) in [4.78, 5) is 10.6. The molecule has 2 heteroatoms. The fourth-order valence-corrected chi connectivity index (χ4v) is 1.89. The number of rotatable bonds is 3. The molecule has 0 aliphatic heterocycles. The molecule has 0 bridgehead atoms. The van der Waals surface area contributed by atoms with E-state index in [0.717, 1.165) is 5.56 Å². The second kappa shape index (κ2) is 4.47. The van der Waals surface area contributed by atoms with Gasteiger partial charge in [0.25, 0.3) is 0 Å². The molecule has 0 spiro atoms. The average molecular weight is 206 g/mol. The number of hydrogen-bond acceptors (Lipinski definition) is 1. The molecule has 1 rings (SSSR count). The van der Waals surface area contributed by atoms with Gasteiger partial charge in [0.1, 0.15) is 0 Å². The quantitative estimate of drug-likeness (QED) is 0.824. The zero-order valence-electron chi connectivity index (χ0n) is 9.79. The Hall–Kier alpha value is -1.31. The summed E-state index contributed by atoms with van der Waals surface area (Å²) in [7, 11) is 0. The third-order valence-electron chi connectivity index (χ3n) is 2.89. The SMILES string of the molecule is Cc1cc(C)c(C(C)CC(=O)O)cc1C. The minimum absolute atomic E-state index is 0.0850. The van der Waals surface area contributed by atoms with Crippen molar-refractivity contribution in [2.24, 2.45) is 0 Å². The fourth-order valence-electron chi connectivity index (χ4n) is 1.89. The number of carboxylic acids is 1. The summed E-state index contributed by atoms with van der Waals surface area (Å²) in [6.45, 7) is 8.14. The standard InChI is InChI=1S/C13H18O2/c1-8-5-10(3)12(6-9(8)2)11(4)7-13(14)15/h5-6,11H,7H2,1-4H3,(H,14,15). The summed E-state index contributed by atoms with van der Waals surface area (Å²) in [6.07, 6.45) is 0.198. The Kier molecular flexibility index (Phi) is 3.51. The fraction of sp³-hybridized carbons (Fsp3) is 0.462. The maximum atomic E-state index is 10.6. The van der Waals surface area contributed by atoms with Crippen LogP contribution in [-0.4, -0.2) is 11.1 Å². The number of carboxylic acid groups (broad SMARTS) is 1. The molecule has 0 radical (unpaired) electrons. The van der Waals surface area contributed by atoms with Gasteiger partial charge >= 0.3 is 5.97 Å². The summed E-state index contributed by atoms with van der Waals surface area (Å²) in [5, 5.41) is 8.76. The zero-order valence-corrected chi connectivity index (χ0v) is 9.79. The van der Waals surface area contributed by atoms with Gasteiger partial charge in [-0.3, -0.25) is 4.79 Å². The smallest absolute Gasteiger partial charge is 0.303 e. The molecule has 0 saturated carbocycles. The molecular formula is C13H18O2. The van der Waals surface area contributed by atoms with Crippen LogP contribution in [0.1, 0.15) is 41.5 Å². The highest BCUT2D eigenvalue weighted by molar-refractivity contribution is 5.68. The van der Waals surface area contributed by atoms with Crippen LogP contribution in [0.3, 0.4) is 0 Å². The number of benzene rings is 1. The third kappa shape index (κ3) is 2.82. The van der Waals surface area contributed by atoms with Crippen LogP contribution in [0.25, 0.3) is 0 Å². The van der Waals surface area contributed by atoms with Gasteiger partial charge in [-0.15, -0.1) is 0 Å². The van der Waals surface area contributed by atoms with E-state index in [2.05, 4.69) is 26.0 Å². The third-order valence-corrected chi connectivity index (χ3v) is 2.89. The maximum Gasteiger partial charge on any atom is 0.303 e. The van der Waals surface area contributed by atoms with Crippen LogP contribution in [-0.2, 0) is 4.79 Å². The highest BCUT2D eigenvalue weighted by Gasteiger charge is 2.13. The van der Waals surface area contributed by atoms with E-state index in [9.17, 15) is 4.79 Å². The van der Waals surface area contributed by atoms with E-state index in [0.29, 0.717) is 0 Å². The predicted molar refractivity (Wildman–Crippen MR) is 61.3 cm³/mol. The van der Waals surface area contributed by atoms with Gasteiger partial charge in [-0.25, -0.2) is 0 Å². The Balaban J connectivity index is 3.03. The number of aliphatic carboxylic acids is 1. The second-order valence-electron chi connectivity index (χ2n) is 4.29. The van der Waals surface area contributed by atoms with E-state index >= 15 is 0 Å². The first-order valence-electron chi connectivity index (χ1n) is 5.21. The van der Waals surface area contributed by atoms with Crippen LogP contribution in [0, 0.1) is 20.8 Å². The lowest BCUT2D eigenvalue weighted by atomic mass is 9.90. The monoisotopic (exact) mass is 206 g/mol. The van der Waals surface area contributed by atoms with Crippen LogP contribution in [0.5, 0.6) is 0 Å². The van der Waals surface area contributed by atoms with Crippen LogP contribution in [0.2, 0.25) is 0 Å². The van der Waals surface area contributed by atoms with E-state index in [1.807, 2.05) is 13.8 Å². The molecule has 0 amide bonds. The van der Waals surface area contributed by atoms with Crippen molar-refractivity contribution in [1.29, 1.82) is 0 Å². The normalized spacial score (nSPS) is 12.5. The van der Waals surface area contributed by atoms with Gasteiger partial charge in [0.05, 0.1) is 6.42 Å². The summed E-state index contributed by atoms with van der Waals surface area (Å²) < 4.78 is 0. The summed E-state index contributed by atoms with van der Waals surface area (Å²) >= 11 is 0. The maximum absolute atomic E-state index is 10.6. The Morgan fingerprint density at radius 3 is 2.27 bits per heavy atom. The Morgan fingerprint density at radius 2 is 1.73 bits per heavy atom. The minimum Gasteiger partial charge on any atom is -0.481 e. The van der Waals surface area contributed by atoms with Gasteiger partial charge in [0.15, 0.2) is 0 Å². The van der Waals surface area contributed by atoms with Crippen LogP contribution in [0.4, 0.5) is 0 Å². The largest absolute Gasteiger partial charge is 0.481 e. The van der Waals surface area contributed by atoms with E-state index in [1.54, 1.807) is 0 Å². The molecule has 82 valence electrons. The van der Waals surface area contributed by atoms with Crippen molar-refractivity contribution in [1.82, 2.24) is 0 Å². The molecule has 2 nitrogen and oxygen atoms in total. The lowest BCUT2D eigenvalue weighted by molar-refractivity contribution is -0.137. The Bertz CT molecular complexity index is 380. The van der Waals surface area contributed by atoms with Gasteiger partial charge in [0.2, 0.25) is 0 Å². The molecule has 15 heavy (non-hydrogen) atoms. The average Bonchev–Trinajstić information content (AvgIpc) is 2.09. The molecule has 1 atom stereocenters. The van der Waals surface area contributed by atoms with Crippen molar-refractivity contribution in [2.75, 3.05) is 0 Å². The van der Waals surface area contributed by atoms with E-state index in [4.69, 9.17) is 5.11 Å². The van der Waals surface area contributed by atoms with Crippen LogP contribution >= 0.6 is 0 Å². The topological polar surface area (TPSA) is 37.3 Å². The van der Waals surface area contributed by atoms with Crippen molar-refractivity contribution < 1.29 is 9.90 Å². The van der Waals surface area contributed by atoms with Crippen molar-refractivity contribution in [3.63, 3.8) is 0 Å². The van der Waals surface area contributed by atoms with Gasteiger partial charge in [0, 0.05) is 0 Å². The Labute approximate surface area is 90.9 Å². The minimum atomic E-state index is -0.736. The molecule has 1 aromatic carbocycles. The van der Waals surface area contributed by atoms with Crippen molar-refractivity contribution in [3.8, 4) is 0 Å². The van der Waals surface area contributed by atoms with E-state index < -0.39 is 5.97 Å². The summed E-state index contributed by atoms with van der Waals surface area (Å²) in [5.74, 6) is -0.651. The van der Waals surface area contributed by atoms with E-state index in [-0.39, 0.29) is 12.3 Å². The summed E-state index contributed by atoms with van der Waals surface area (Å²) in [5.41, 5.74) is 4.83. The number of carbonyl (C=O) groups is 1. The molecule has 0 fully saturated rings. The molecule has 1 unspecified atom stereocenters. The van der Waals surface area contributed by atoms with Crippen molar-refractivity contribution in [2.45, 2.75) is 40.0 Å². The molecule has 0 heterocycles. The second-order valence-corrected chi connectivity index (χ2v) is 4.29. The lowest BCUT2D eigenvalue weighted by Gasteiger charge is -2.15. The first kappa shape index (κ1) is 11.8. The van der Waals surface area contributed by atoms with Crippen molar-refractivity contribution >= 4 is 5.97 Å². The highest BCUT2D eigenvalue weighted by Crippen LogP contribution is 2.25.